The maximum absolute atomic E-state index is 4.65. The molecule has 6 heteroatoms. The minimum Gasteiger partial charge on any atom is -0.345 e. The lowest BCUT2D eigenvalue weighted by Gasteiger charge is -2.22. The monoisotopic (exact) mass is 301 g/mol. The smallest absolute Gasteiger partial charge is 0.194 e. The number of aromatic nitrogens is 4. The first-order valence-corrected chi connectivity index (χ1v) is 8.27. The number of hydrogen-bond acceptors (Lipinski definition) is 4. The fourth-order valence-corrected chi connectivity index (χ4v) is 4.03. The van der Waals surface area contributed by atoms with Crippen molar-refractivity contribution in [1.29, 1.82) is 0 Å². The lowest BCUT2D eigenvalue weighted by molar-refractivity contribution is 0.237. The molecule has 5 nitrogen and oxygen atoms in total. The summed E-state index contributed by atoms with van der Waals surface area (Å²) in [6, 6.07) is 0.405. The molecule has 1 aliphatic rings. The molecule has 1 fully saturated rings. The molecule has 0 unspecified atom stereocenters. The summed E-state index contributed by atoms with van der Waals surface area (Å²) in [4.78, 5) is 16.2. The topological polar surface area (TPSA) is 49.2 Å². The van der Waals surface area contributed by atoms with Gasteiger partial charge >= 0.3 is 0 Å². The van der Waals surface area contributed by atoms with Crippen LogP contribution in [0.2, 0.25) is 0 Å². The SMILES string of the molecule is Cc1cnc([C@H]2CCCN2Cc2c(C)nc3sccn23)[nH]1. The quantitative estimate of drug-likeness (QED) is 0.809. The lowest BCUT2D eigenvalue weighted by Crippen LogP contribution is -2.24. The van der Waals surface area contributed by atoms with Crippen molar-refractivity contribution in [3.05, 3.63) is 40.7 Å². The molecular weight excluding hydrogens is 282 g/mol. The van der Waals surface area contributed by atoms with Crippen LogP contribution in [0.5, 0.6) is 0 Å². The van der Waals surface area contributed by atoms with Crippen molar-refractivity contribution in [2.24, 2.45) is 0 Å². The summed E-state index contributed by atoms with van der Waals surface area (Å²) in [6.45, 7) is 6.23. The van der Waals surface area contributed by atoms with Gasteiger partial charge in [0.2, 0.25) is 0 Å². The summed E-state index contributed by atoms with van der Waals surface area (Å²) in [6.07, 6.45) is 6.46. The number of hydrogen-bond donors (Lipinski definition) is 1. The number of H-pyrrole nitrogens is 1. The van der Waals surface area contributed by atoms with Crippen LogP contribution in [-0.4, -0.2) is 30.8 Å². The second-order valence-electron chi connectivity index (χ2n) is 5.78. The van der Waals surface area contributed by atoms with E-state index in [9.17, 15) is 0 Å². The molecular formula is C15H19N5S. The first kappa shape index (κ1) is 13.0. The number of nitrogens with zero attached hydrogens (tertiary/aromatic N) is 4. The van der Waals surface area contributed by atoms with Gasteiger partial charge in [0.15, 0.2) is 4.96 Å². The van der Waals surface area contributed by atoms with Crippen LogP contribution in [0.4, 0.5) is 0 Å². The number of aromatic amines is 1. The van der Waals surface area contributed by atoms with Crippen molar-refractivity contribution >= 4 is 16.3 Å². The van der Waals surface area contributed by atoms with Crippen molar-refractivity contribution in [1.82, 2.24) is 24.3 Å². The van der Waals surface area contributed by atoms with Crippen LogP contribution in [0.25, 0.3) is 4.96 Å². The van der Waals surface area contributed by atoms with Gasteiger partial charge in [-0.05, 0) is 33.2 Å². The zero-order valence-corrected chi connectivity index (χ0v) is 13.2. The number of imidazole rings is 2. The molecule has 0 bridgehead atoms. The third-order valence-corrected chi connectivity index (χ3v) is 5.07. The zero-order chi connectivity index (χ0) is 14.4. The Labute approximate surface area is 127 Å². The van der Waals surface area contributed by atoms with Crippen LogP contribution in [0.1, 0.15) is 41.8 Å². The predicted molar refractivity (Wildman–Crippen MR) is 83.5 cm³/mol. The van der Waals surface area contributed by atoms with Crippen LogP contribution in [0.3, 0.4) is 0 Å². The molecule has 1 atom stereocenters. The molecule has 1 N–H and O–H groups in total. The van der Waals surface area contributed by atoms with Gasteiger partial charge in [0.1, 0.15) is 5.82 Å². The fraction of sp³-hybridized carbons (Fsp3) is 0.467. The van der Waals surface area contributed by atoms with Gasteiger partial charge in [0, 0.05) is 30.0 Å². The van der Waals surface area contributed by atoms with E-state index in [0.717, 1.165) is 35.3 Å². The van der Waals surface area contributed by atoms with E-state index < -0.39 is 0 Å². The van der Waals surface area contributed by atoms with Crippen molar-refractivity contribution in [2.75, 3.05) is 6.54 Å². The molecule has 0 spiro atoms. The van der Waals surface area contributed by atoms with E-state index in [1.54, 1.807) is 11.3 Å². The van der Waals surface area contributed by atoms with Gasteiger partial charge in [0.25, 0.3) is 0 Å². The highest BCUT2D eigenvalue weighted by molar-refractivity contribution is 7.15. The van der Waals surface area contributed by atoms with E-state index in [-0.39, 0.29) is 0 Å². The van der Waals surface area contributed by atoms with Gasteiger partial charge < -0.3 is 4.98 Å². The summed E-state index contributed by atoms with van der Waals surface area (Å²) in [5, 5.41) is 2.10. The average molecular weight is 301 g/mol. The minimum absolute atomic E-state index is 0.405. The molecule has 3 aromatic heterocycles. The second kappa shape index (κ2) is 4.96. The van der Waals surface area contributed by atoms with E-state index in [2.05, 4.69) is 49.7 Å². The summed E-state index contributed by atoms with van der Waals surface area (Å²) >= 11 is 1.70. The van der Waals surface area contributed by atoms with Crippen molar-refractivity contribution in [3.63, 3.8) is 0 Å². The average Bonchev–Trinajstić information content (AvgIpc) is 3.17. The Morgan fingerprint density at radius 1 is 1.43 bits per heavy atom. The maximum Gasteiger partial charge on any atom is 0.194 e. The summed E-state index contributed by atoms with van der Waals surface area (Å²) in [5.41, 5.74) is 3.59. The fourth-order valence-electron chi connectivity index (χ4n) is 3.25. The first-order chi connectivity index (χ1) is 10.2. The summed E-state index contributed by atoms with van der Waals surface area (Å²) < 4.78 is 2.22. The molecule has 21 heavy (non-hydrogen) atoms. The molecule has 1 aliphatic heterocycles. The van der Waals surface area contributed by atoms with Gasteiger partial charge in [-0.1, -0.05) is 0 Å². The maximum atomic E-state index is 4.65. The number of fused-ring (bicyclic) bond motifs is 1. The minimum atomic E-state index is 0.405. The van der Waals surface area contributed by atoms with Gasteiger partial charge in [-0.25, -0.2) is 9.97 Å². The lowest BCUT2D eigenvalue weighted by atomic mass is 10.2. The van der Waals surface area contributed by atoms with Crippen LogP contribution in [0, 0.1) is 13.8 Å². The molecule has 0 radical (unpaired) electrons. The highest BCUT2D eigenvalue weighted by atomic mass is 32.1. The Balaban J connectivity index is 1.63. The van der Waals surface area contributed by atoms with Crippen LogP contribution >= 0.6 is 11.3 Å². The van der Waals surface area contributed by atoms with Gasteiger partial charge in [-0.2, -0.15) is 0 Å². The first-order valence-electron chi connectivity index (χ1n) is 7.39. The largest absolute Gasteiger partial charge is 0.345 e. The Kier molecular flexibility index (Phi) is 3.08. The molecule has 3 aromatic rings. The number of rotatable bonds is 3. The molecule has 0 amide bonds. The third kappa shape index (κ3) is 2.18. The van der Waals surface area contributed by atoms with E-state index in [4.69, 9.17) is 0 Å². The Bertz CT molecular complexity index is 768. The molecule has 0 aliphatic carbocycles. The standard InChI is InChI=1S/C15H19N5S/c1-10-8-16-14(17-10)12-4-3-5-19(12)9-13-11(2)18-15-20(13)6-7-21-15/h6-8,12H,3-5,9H2,1-2H3,(H,16,17)/t12-/m1/s1. The second-order valence-corrected chi connectivity index (χ2v) is 6.65. The van der Waals surface area contributed by atoms with E-state index in [1.807, 2.05) is 6.20 Å². The molecule has 1 saturated heterocycles. The molecule has 4 heterocycles. The highest BCUT2D eigenvalue weighted by Crippen LogP contribution is 2.32. The predicted octanol–water partition coefficient (Wildman–Crippen LogP) is 3.07. The van der Waals surface area contributed by atoms with Crippen LogP contribution < -0.4 is 0 Å². The van der Waals surface area contributed by atoms with Gasteiger partial charge in [0.05, 0.1) is 17.4 Å². The van der Waals surface area contributed by atoms with Gasteiger partial charge in [-0.3, -0.25) is 9.30 Å². The summed E-state index contributed by atoms with van der Waals surface area (Å²) in [7, 11) is 0. The number of nitrogens with one attached hydrogen (secondary N) is 1. The molecule has 110 valence electrons. The zero-order valence-electron chi connectivity index (χ0n) is 12.3. The van der Waals surface area contributed by atoms with Crippen LogP contribution in [0.15, 0.2) is 17.8 Å². The van der Waals surface area contributed by atoms with E-state index >= 15 is 0 Å². The normalized spacial score (nSPS) is 19.8. The van der Waals surface area contributed by atoms with Crippen molar-refractivity contribution < 1.29 is 0 Å². The van der Waals surface area contributed by atoms with Crippen LogP contribution in [-0.2, 0) is 6.54 Å². The molecule has 4 rings (SSSR count). The number of likely N-dealkylation sites (tertiary alicyclic amines) is 1. The molecule has 0 aromatic carbocycles. The third-order valence-electron chi connectivity index (χ3n) is 4.32. The highest BCUT2D eigenvalue weighted by Gasteiger charge is 2.29. The van der Waals surface area contributed by atoms with E-state index in [1.165, 1.54) is 18.5 Å². The van der Waals surface area contributed by atoms with E-state index in [0.29, 0.717) is 6.04 Å². The van der Waals surface area contributed by atoms with Crippen molar-refractivity contribution in [3.8, 4) is 0 Å². The Morgan fingerprint density at radius 2 is 2.33 bits per heavy atom. The number of thiazole rings is 1. The Hall–Kier alpha value is -1.66. The van der Waals surface area contributed by atoms with Gasteiger partial charge in [-0.15, -0.1) is 11.3 Å². The van der Waals surface area contributed by atoms with Crippen molar-refractivity contribution in [2.45, 2.75) is 39.3 Å². The number of aryl methyl sites for hydroxylation is 2. The Morgan fingerprint density at radius 3 is 3.14 bits per heavy atom. The molecule has 0 saturated carbocycles. The summed E-state index contributed by atoms with van der Waals surface area (Å²) in [5.74, 6) is 1.11.